The summed E-state index contributed by atoms with van der Waals surface area (Å²) in [6.45, 7) is 4.63. The molecule has 0 heterocycles. The van der Waals surface area contributed by atoms with Crippen LogP contribution in [0, 0.1) is 0 Å². The van der Waals surface area contributed by atoms with Crippen molar-refractivity contribution in [3.05, 3.63) is 109 Å². The second kappa shape index (κ2) is 64.6. The van der Waals surface area contributed by atoms with Gasteiger partial charge in [0, 0.05) is 6.42 Å². The number of likely N-dealkylation sites (N-methyl/N-ethyl adjacent to an activating group) is 1. The number of carbonyl (C=O) groups is 1. The minimum absolute atomic E-state index is 0.00678. The first-order chi connectivity index (χ1) is 41.0. The SMILES string of the molecule is CC/C=C\C/C=C\C/C=C\C/C=C\C/C=C\C/C=C\C/C=C\C/C=C\C/C=C\CCCCCCCCCCCC(=O)NC(COP(=O)([O-])OCC[N+](C)(C)C)C(O)CCCCCCCCCCCCCCCCCCCCCCCCCCC. The van der Waals surface area contributed by atoms with Crippen LogP contribution in [0.2, 0.25) is 0 Å². The minimum Gasteiger partial charge on any atom is -0.756 e. The molecule has 0 spiro atoms. The van der Waals surface area contributed by atoms with Crippen LogP contribution in [-0.2, 0) is 18.4 Å². The highest BCUT2D eigenvalue weighted by atomic mass is 31.2. The van der Waals surface area contributed by atoms with Crippen molar-refractivity contribution in [3.8, 4) is 0 Å². The fourth-order valence-corrected chi connectivity index (χ4v) is 10.8. The highest BCUT2D eigenvalue weighted by Gasteiger charge is 2.24. The summed E-state index contributed by atoms with van der Waals surface area (Å²) in [5, 5.41) is 14.1. The number of nitrogens with one attached hydrogen (secondary N) is 1. The number of hydrogen-bond acceptors (Lipinski definition) is 6. The largest absolute Gasteiger partial charge is 0.756 e. The number of quaternary nitrogens is 1. The van der Waals surface area contributed by atoms with Crippen molar-refractivity contribution in [1.82, 2.24) is 5.32 Å². The first-order valence-electron chi connectivity index (χ1n) is 35.2. The van der Waals surface area contributed by atoms with Crippen LogP contribution in [0.5, 0.6) is 0 Å². The quantitative estimate of drug-likeness (QED) is 0.0272. The Kier molecular flexibility index (Phi) is 62.4. The van der Waals surface area contributed by atoms with Crippen molar-refractivity contribution < 1.29 is 32.9 Å². The number of phosphoric ester groups is 1. The Morgan fingerprint density at radius 3 is 1.06 bits per heavy atom. The molecule has 0 saturated carbocycles. The molecule has 0 aromatic carbocycles. The molecule has 3 atom stereocenters. The van der Waals surface area contributed by atoms with E-state index in [9.17, 15) is 19.4 Å². The summed E-state index contributed by atoms with van der Waals surface area (Å²) in [7, 11) is 1.30. The number of carbonyl (C=O) groups excluding carboxylic acids is 1. The highest BCUT2D eigenvalue weighted by Crippen LogP contribution is 2.38. The van der Waals surface area contributed by atoms with E-state index in [1.165, 1.54) is 180 Å². The molecule has 84 heavy (non-hydrogen) atoms. The molecule has 0 aromatic heterocycles. The number of amides is 1. The monoisotopic (exact) mass is 1190 g/mol. The van der Waals surface area contributed by atoms with Crippen molar-refractivity contribution >= 4 is 13.7 Å². The second-order valence-corrected chi connectivity index (χ2v) is 26.3. The average Bonchev–Trinajstić information content (AvgIpc) is 3.56. The molecule has 0 bridgehead atoms. The first kappa shape index (κ1) is 81.2. The van der Waals surface area contributed by atoms with E-state index >= 15 is 0 Å². The molecular formula is C75H135N2O6P. The number of rotatable bonds is 64. The summed E-state index contributed by atoms with van der Waals surface area (Å²) in [6, 6.07) is -0.813. The van der Waals surface area contributed by atoms with Crippen molar-refractivity contribution in [2.75, 3.05) is 40.9 Å². The minimum atomic E-state index is -4.59. The fourth-order valence-electron chi connectivity index (χ4n) is 10.1. The summed E-state index contributed by atoms with van der Waals surface area (Å²) in [6.07, 6.45) is 94.4. The number of unbranched alkanes of at least 4 members (excludes halogenated alkanes) is 33. The molecule has 0 aliphatic carbocycles. The van der Waals surface area contributed by atoms with Crippen LogP contribution >= 0.6 is 7.82 Å². The van der Waals surface area contributed by atoms with Crippen LogP contribution < -0.4 is 10.2 Å². The maximum Gasteiger partial charge on any atom is 0.268 e. The third-order valence-electron chi connectivity index (χ3n) is 15.5. The molecule has 3 unspecified atom stereocenters. The summed E-state index contributed by atoms with van der Waals surface area (Å²) in [5.41, 5.74) is 0. The maximum atomic E-state index is 13.1. The molecule has 0 radical (unpaired) electrons. The second-order valence-electron chi connectivity index (χ2n) is 24.9. The predicted octanol–water partition coefficient (Wildman–Crippen LogP) is 22.0. The number of nitrogens with zero attached hydrogens (tertiary/aromatic N) is 1. The number of aliphatic hydroxyl groups is 1. The van der Waals surface area contributed by atoms with Crippen molar-refractivity contribution in [3.63, 3.8) is 0 Å². The lowest BCUT2D eigenvalue weighted by atomic mass is 10.0. The van der Waals surface area contributed by atoms with Gasteiger partial charge in [-0.05, 0) is 83.5 Å². The molecule has 9 heteroatoms. The van der Waals surface area contributed by atoms with E-state index in [1.807, 2.05) is 21.1 Å². The van der Waals surface area contributed by atoms with Crippen LogP contribution in [0.25, 0.3) is 0 Å². The van der Waals surface area contributed by atoms with Crippen molar-refractivity contribution in [2.24, 2.45) is 0 Å². The van der Waals surface area contributed by atoms with Gasteiger partial charge in [0.2, 0.25) is 5.91 Å². The van der Waals surface area contributed by atoms with Gasteiger partial charge in [-0.3, -0.25) is 9.36 Å². The lowest BCUT2D eigenvalue weighted by molar-refractivity contribution is -0.870. The van der Waals surface area contributed by atoms with Gasteiger partial charge in [-0.25, -0.2) is 0 Å². The zero-order valence-electron chi connectivity index (χ0n) is 55.6. The van der Waals surface area contributed by atoms with Crippen LogP contribution in [0.1, 0.15) is 309 Å². The van der Waals surface area contributed by atoms with Crippen LogP contribution in [-0.4, -0.2) is 68.5 Å². The smallest absolute Gasteiger partial charge is 0.268 e. The van der Waals surface area contributed by atoms with Crippen LogP contribution in [0.15, 0.2) is 109 Å². The zero-order valence-corrected chi connectivity index (χ0v) is 56.5. The fraction of sp³-hybridized carbons (Fsp3) is 0.747. The first-order valence-corrected chi connectivity index (χ1v) is 36.7. The van der Waals surface area contributed by atoms with E-state index in [0.717, 1.165) is 103 Å². The van der Waals surface area contributed by atoms with E-state index in [0.29, 0.717) is 23.9 Å². The highest BCUT2D eigenvalue weighted by molar-refractivity contribution is 7.45. The molecule has 0 aliphatic heterocycles. The molecule has 0 saturated heterocycles. The van der Waals surface area contributed by atoms with Crippen LogP contribution in [0.4, 0.5) is 0 Å². The normalized spacial score (nSPS) is 14.3. The van der Waals surface area contributed by atoms with E-state index in [2.05, 4.69) is 129 Å². The molecule has 1 amide bonds. The van der Waals surface area contributed by atoms with Gasteiger partial charge in [0.15, 0.2) is 0 Å². The standard InChI is InChI=1S/C75H135N2O6P/c1-6-8-10-12-14-16-18-20-22-24-26-28-30-32-33-34-35-36-37-38-39-40-41-42-43-45-47-49-51-53-55-57-59-61-63-65-67-69-75(79)76-73(72-83-84(80,81)82-71-70-77(3,4)5)74(78)68-66-64-62-60-58-56-54-52-50-48-46-44-31-29-27-25-23-21-19-17-15-13-11-9-7-2/h8,10,14,16,20,22,26,28,32-33,35-36,38-39,41-42,45,47,73-74,78H,6-7,9,11-13,15,17-19,21,23-25,27,29-31,34,37,40,43-44,46,48-72H2,1-5H3,(H-,76,79,80,81)/b10-8-,16-14-,22-20-,28-26-,33-32-,36-35-,39-38-,42-41-,47-45-. The Morgan fingerprint density at radius 1 is 0.429 bits per heavy atom. The van der Waals surface area contributed by atoms with E-state index in [4.69, 9.17) is 9.05 Å². The summed E-state index contributed by atoms with van der Waals surface area (Å²) >= 11 is 0. The number of aliphatic hydroxyl groups excluding tert-OH is 1. The molecule has 8 nitrogen and oxygen atoms in total. The molecule has 0 aliphatic rings. The van der Waals surface area contributed by atoms with Crippen LogP contribution in [0.3, 0.4) is 0 Å². The van der Waals surface area contributed by atoms with Gasteiger partial charge < -0.3 is 28.8 Å². The molecule has 486 valence electrons. The van der Waals surface area contributed by atoms with Gasteiger partial charge in [-0.1, -0.05) is 329 Å². The van der Waals surface area contributed by atoms with Gasteiger partial charge >= 0.3 is 0 Å². The lowest BCUT2D eigenvalue weighted by Crippen LogP contribution is -2.46. The van der Waals surface area contributed by atoms with Gasteiger partial charge in [0.25, 0.3) is 7.82 Å². The van der Waals surface area contributed by atoms with Gasteiger partial charge in [0.05, 0.1) is 39.9 Å². The Hall–Kier alpha value is -2.84. The number of phosphoric acid groups is 1. The molecule has 2 N–H and O–H groups in total. The third kappa shape index (κ3) is 66.7. The van der Waals surface area contributed by atoms with Crippen molar-refractivity contribution in [2.45, 2.75) is 321 Å². The summed E-state index contributed by atoms with van der Waals surface area (Å²) in [5.74, 6) is -0.171. The number of hydrogen-bond donors (Lipinski definition) is 2. The van der Waals surface area contributed by atoms with E-state index in [1.54, 1.807) is 0 Å². The Labute approximate surface area is 521 Å². The average molecular weight is 1190 g/mol. The topological polar surface area (TPSA) is 108 Å². The van der Waals surface area contributed by atoms with Gasteiger partial charge in [0.1, 0.15) is 13.2 Å². The Balaban J connectivity index is 4.10. The maximum absolute atomic E-state index is 13.1. The molecule has 0 aromatic rings. The van der Waals surface area contributed by atoms with E-state index < -0.39 is 20.0 Å². The van der Waals surface area contributed by atoms with Gasteiger partial charge in [-0.15, -0.1) is 0 Å². The van der Waals surface area contributed by atoms with E-state index in [-0.39, 0.29) is 19.1 Å². The van der Waals surface area contributed by atoms with Gasteiger partial charge in [-0.2, -0.15) is 0 Å². The molecular weight excluding hydrogens is 1060 g/mol. The lowest BCUT2D eigenvalue weighted by Gasteiger charge is -2.30. The summed E-state index contributed by atoms with van der Waals surface area (Å²) in [4.78, 5) is 25.7. The molecule has 0 rings (SSSR count). The summed E-state index contributed by atoms with van der Waals surface area (Å²) < 4.78 is 23.5. The predicted molar refractivity (Wildman–Crippen MR) is 366 cm³/mol. The zero-order chi connectivity index (χ0) is 61.2. The molecule has 0 fully saturated rings. The Morgan fingerprint density at radius 2 is 0.726 bits per heavy atom. The third-order valence-corrected chi connectivity index (χ3v) is 16.5. The Bertz CT molecular complexity index is 1740. The van der Waals surface area contributed by atoms with Crippen molar-refractivity contribution in [1.29, 1.82) is 0 Å². The number of allylic oxidation sites excluding steroid dienone is 18.